The van der Waals surface area contributed by atoms with Crippen molar-refractivity contribution in [3.05, 3.63) is 21.9 Å². The van der Waals surface area contributed by atoms with Crippen LogP contribution in [0.4, 0.5) is 0 Å². The van der Waals surface area contributed by atoms with E-state index in [4.69, 9.17) is 4.74 Å². The minimum atomic E-state index is -0.565. The fourth-order valence-corrected chi connectivity index (χ4v) is 3.14. The third kappa shape index (κ3) is 2.38. The molecule has 0 aromatic rings. The number of hydrogen-bond acceptors (Lipinski definition) is 6. The van der Waals surface area contributed by atoms with E-state index in [-0.39, 0.29) is 12.2 Å². The van der Waals surface area contributed by atoms with E-state index >= 15 is 0 Å². The van der Waals surface area contributed by atoms with Gasteiger partial charge in [-0.05, 0) is 20.3 Å². The van der Waals surface area contributed by atoms with Gasteiger partial charge in [-0.25, -0.2) is 9.79 Å². The van der Waals surface area contributed by atoms with Crippen LogP contribution in [-0.4, -0.2) is 36.1 Å². The second-order valence-corrected chi connectivity index (χ2v) is 5.24. The fraction of sp³-hybridized carbons (Fsp3) is 0.462. The maximum absolute atomic E-state index is 11.9. The van der Waals surface area contributed by atoms with Gasteiger partial charge in [0.2, 0.25) is 0 Å². The number of thioether (sulfide) groups is 1. The van der Waals surface area contributed by atoms with Crippen LogP contribution in [0.2, 0.25) is 0 Å². The molecule has 19 heavy (non-hydrogen) atoms. The summed E-state index contributed by atoms with van der Waals surface area (Å²) in [7, 11) is 1.82. The lowest BCUT2D eigenvalue weighted by Crippen LogP contribution is -2.30. The van der Waals surface area contributed by atoms with Crippen LogP contribution >= 0.6 is 11.8 Å². The SMILES string of the molecule is CCOC(=O)/C(C#N)=C1\C2=C(N=C(C)N1C)SCC2. The number of allylic oxidation sites excluding steroid dienone is 1. The summed E-state index contributed by atoms with van der Waals surface area (Å²) in [6.07, 6.45) is 0.820. The number of ether oxygens (including phenoxy) is 1. The van der Waals surface area contributed by atoms with Crippen LogP contribution in [0.15, 0.2) is 26.9 Å². The van der Waals surface area contributed by atoms with Gasteiger partial charge in [-0.15, -0.1) is 11.8 Å². The van der Waals surface area contributed by atoms with Crippen molar-refractivity contribution in [2.75, 3.05) is 19.4 Å². The minimum Gasteiger partial charge on any atom is -0.462 e. The highest BCUT2D eigenvalue weighted by Gasteiger charge is 2.31. The zero-order valence-electron chi connectivity index (χ0n) is 11.2. The number of nitriles is 1. The fourth-order valence-electron chi connectivity index (χ4n) is 2.07. The number of hydrogen-bond donors (Lipinski definition) is 0. The Morgan fingerprint density at radius 1 is 1.63 bits per heavy atom. The van der Waals surface area contributed by atoms with Gasteiger partial charge < -0.3 is 9.64 Å². The minimum absolute atomic E-state index is 0.0635. The van der Waals surface area contributed by atoms with Crippen LogP contribution in [0.25, 0.3) is 0 Å². The molecule has 0 aliphatic carbocycles. The second-order valence-electron chi connectivity index (χ2n) is 4.16. The largest absolute Gasteiger partial charge is 0.462 e. The maximum Gasteiger partial charge on any atom is 0.351 e. The van der Waals surface area contributed by atoms with Crippen molar-refractivity contribution in [1.29, 1.82) is 5.26 Å². The van der Waals surface area contributed by atoms with E-state index in [1.165, 1.54) is 0 Å². The molecule has 0 saturated carbocycles. The van der Waals surface area contributed by atoms with Crippen LogP contribution in [-0.2, 0) is 9.53 Å². The Kier molecular flexibility index (Phi) is 3.96. The molecule has 0 aromatic carbocycles. The molecule has 0 N–H and O–H groups in total. The average Bonchev–Trinajstić information content (AvgIpc) is 2.82. The number of esters is 1. The van der Waals surface area contributed by atoms with Gasteiger partial charge in [0.25, 0.3) is 0 Å². The molecule has 0 fully saturated rings. The van der Waals surface area contributed by atoms with E-state index in [1.807, 2.05) is 20.0 Å². The van der Waals surface area contributed by atoms with Gasteiger partial charge in [-0.2, -0.15) is 5.26 Å². The van der Waals surface area contributed by atoms with Crippen molar-refractivity contribution < 1.29 is 9.53 Å². The molecule has 0 saturated heterocycles. The first-order valence-electron chi connectivity index (χ1n) is 6.07. The summed E-state index contributed by atoms with van der Waals surface area (Å²) in [5.41, 5.74) is 1.68. The Labute approximate surface area is 116 Å². The maximum atomic E-state index is 11.9. The Morgan fingerprint density at radius 3 is 3.00 bits per heavy atom. The van der Waals surface area contributed by atoms with E-state index in [1.54, 1.807) is 23.6 Å². The summed E-state index contributed by atoms with van der Waals surface area (Å²) in [6, 6.07) is 1.98. The topological polar surface area (TPSA) is 65.7 Å². The third-order valence-corrected chi connectivity index (χ3v) is 4.07. The van der Waals surface area contributed by atoms with Gasteiger partial charge in [0, 0.05) is 18.4 Å². The van der Waals surface area contributed by atoms with Crippen molar-refractivity contribution >= 4 is 23.6 Å². The zero-order chi connectivity index (χ0) is 14.0. The predicted molar refractivity (Wildman–Crippen MR) is 74.2 cm³/mol. The summed E-state index contributed by atoms with van der Waals surface area (Å²) in [4.78, 5) is 18.2. The van der Waals surface area contributed by atoms with Crippen LogP contribution in [0.5, 0.6) is 0 Å². The average molecular weight is 277 g/mol. The van der Waals surface area contributed by atoms with Crippen molar-refractivity contribution in [2.45, 2.75) is 20.3 Å². The van der Waals surface area contributed by atoms with Gasteiger partial charge >= 0.3 is 5.97 Å². The normalized spacial score (nSPS) is 20.7. The quantitative estimate of drug-likeness (QED) is 0.439. The monoisotopic (exact) mass is 277 g/mol. The molecular formula is C13H15N3O2S. The molecule has 2 aliphatic heterocycles. The standard InChI is InChI=1S/C13H15N3O2S/c1-4-18-13(17)10(7-14)11-9-5-6-19-12(9)15-8(2)16(11)3/h4-6H2,1-3H3/b11-10+. The summed E-state index contributed by atoms with van der Waals surface area (Å²) < 4.78 is 4.96. The molecule has 100 valence electrons. The number of amidine groups is 1. The molecule has 2 heterocycles. The number of likely N-dealkylation sites (N-methyl/N-ethyl adjacent to an activating group) is 1. The van der Waals surface area contributed by atoms with Crippen molar-refractivity contribution in [2.24, 2.45) is 4.99 Å². The second kappa shape index (κ2) is 5.49. The smallest absolute Gasteiger partial charge is 0.351 e. The molecule has 0 bridgehead atoms. The number of rotatable bonds is 2. The lowest BCUT2D eigenvalue weighted by molar-refractivity contribution is -0.138. The van der Waals surface area contributed by atoms with E-state index in [0.717, 1.165) is 28.6 Å². The lowest BCUT2D eigenvalue weighted by Gasteiger charge is -2.28. The summed E-state index contributed by atoms with van der Waals surface area (Å²) in [5, 5.41) is 10.2. The molecule has 0 amide bonds. The summed E-state index contributed by atoms with van der Waals surface area (Å²) in [5.74, 6) is 1.14. The van der Waals surface area contributed by atoms with Gasteiger partial charge in [-0.3, -0.25) is 0 Å². The lowest BCUT2D eigenvalue weighted by atomic mass is 10.0. The van der Waals surface area contributed by atoms with Crippen LogP contribution in [0.3, 0.4) is 0 Å². The van der Waals surface area contributed by atoms with Gasteiger partial charge in [-0.1, -0.05) is 0 Å². The summed E-state index contributed by atoms with van der Waals surface area (Å²) >= 11 is 1.66. The highest BCUT2D eigenvalue weighted by molar-refractivity contribution is 8.03. The predicted octanol–water partition coefficient (Wildman–Crippen LogP) is 2.04. The molecule has 6 heteroatoms. The van der Waals surface area contributed by atoms with Crippen molar-refractivity contribution in [1.82, 2.24) is 4.90 Å². The first kappa shape index (κ1) is 13.7. The molecule has 5 nitrogen and oxygen atoms in total. The Balaban J connectivity index is 2.55. The van der Waals surface area contributed by atoms with Crippen LogP contribution in [0, 0.1) is 11.3 Å². The Morgan fingerprint density at radius 2 is 2.37 bits per heavy atom. The van der Waals surface area contributed by atoms with Crippen LogP contribution < -0.4 is 0 Å². The van der Waals surface area contributed by atoms with E-state index in [9.17, 15) is 10.1 Å². The Bertz CT molecular complexity index is 555. The molecule has 2 rings (SSSR count). The Hall–Kier alpha value is -1.74. The summed E-state index contributed by atoms with van der Waals surface area (Å²) in [6.45, 7) is 3.85. The molecule has 0 spiro atoms. The first-order valence-corrected chi connectivity index (χ1v) is 7.05. The van der Waals surface area contributed by atoms with E-state index in [0.29, 0.717) is 5.70 Å². The van der Waals surface area contributed by atoms with Gasteiger partial charge in [0.05, 0.1) is 12.3 Å². The van der Waals surface area contributed by atoms with Gasteiger partial charge in [0.15, 0.2) is 5.57 Å². The van der Waals surface area contributed by atoms with E-state index < -0.39 is 5.97 Å². The van der Waals surface area contributed by atoms with Crippen molar-refractivity contribution in [3.63, 3.8) is 0 Å². The molecular weight excluding hydrogens is 262 g/mol. The van der Waals surface area contributed by atoms with Crippen molar-refractivity contribution in [3.8, 4) is 6.07 Å². The molecule has 2 aliphatic rings. The molecule has 0 aromatic heterocycles. The zero-order valence-corrected chi connectivity index (χ0v) is 12.0. The number of carbonyl (C=O) groups excluding carboxylic acids is 1. The molecule has 0 atom stereocenters. The molecule has 0 unspecified atom stereocenters. The number of carbonyl (C=O) groups is 1. The van der Waals surface area contributed by atoms with Gasteiger partial charge in [0.1, 0.15) is 16.9 Å². The number of nitrogens with zero attached hydrogens (tertiary/aromatic N) is 3. The highest BCUT2D eigenvalue weighted by Crippen LogP contribution is 2.41. The number of aliphatic imine (C=N–C) groups is 1. The third-order valence-electron chi connectivity index (χ3n) is 3.05. The van der Waals surface area contributed by atoms with Crippen LogP contribution in [0.1, 0.15) is 20.3 Å². The highest BCUT2D eigenvalue weighted by atomic mass is 32.2. The van der Waals surface area contributed by atoms with E-state index in [2.05, 4.69) is 4.99 Å². The first-order chi connectivity index (χ1) is 9.10. The molecule has 0 radical (unpaired) electrons.